The Kier molecular flexibility index (Phi) is 6.51. The van der Waals surface area contributed by atoms with Crippen LogP contribution in [0.15, 0.2) is 0 Å². The van der Waals surface area contributed by atoms with Gasteiger partial charge in [0.05, 0.1) is 12.7 Å². The molecule has 0 aliphatic rings. The first kappa shape index (κ1) is 10.9. The molecule has 0 saturated carbocycles. The Balaban J connectivity index is 3.27. The first-order chi connectivity index (χ1) is 5.20. The maximum Gasteiger partial charge on any atom is 0.0773 e. The average molecular weight is 161 g/mol. The second-order valence-electron chi connectivity index (χ2n) is 3.07. The molecule has 3 heteroatoms. The molecule has 3 nitrogen and oxygen atoms in total. The molecule has 3 N–H and O–H groups in total. The number of hydrogen-bond donors (Lipinski definition) is 3. The molecule has 2 unspecified atom stereocenters. The Morgan fingerprint density at radius 3 is 2.55 bits per heavy atom. The molecule has 0 aromatic rings. The fraction of sp³-hybridized carbons (Fsp3) is 1.00. The largest absolute Gasteiger partial charge is 0.394 e. The first-order valence-corrected chi connectivity index (χ1v) is 4.14. The fourth-order valence-electron chi connectivity index (χ4n) is 1.05. The van der Waals surface area contributed by atoms with Gasteiger partial charge in [-0.3, -0.25) is 0 Å². The summed E-state index contributed by atoms with van der Waals surface area (Å²) in [5.41, 5.74) is 0. The first-order valence-electron chi connectivity index (χ1n) is 4.14. The molecule has 2 atom stereocenters. The highest BCUT2D eigenvalue weighted by Crippen LogP contribution is 2.08. The van der Waals surface area contributed by atoms with Crippen LogP contribution in [-0.4, -0.2) is 36.5 Å². The van der Waals surface area contributed by atoms with Crippen molar-refractivity contribution in [2.24, 2.45) is 5.92 Å². The van der Waals surface area contributed by atoms with Gasteiger partial charge in [-0.25, -0.2) is 0 Å². The minimum atomic E-state index is -0.540. The Hall–Kier alpha value is -0.120. The van der Waals surface area contributed by atoms with Crippen LogP contribution < -0.4 is 5.32 Å². The second kappa shape index (κ2) is 6.58. The Morgan fingerprint density at radius 1 is 1.45 bits per heavy atom. The minimum Gasteiger partial charge on any atom is -0.394 e. The monoisotopic (exact) mass is 161 g/mol. The molecule has 0 saturated heterocycles. The van der Waals surface area contributed by atoms with Crippen LogP contribution in [0.4, 0.5) is 0 Å². The Labute approximate surface area is 68.4 Å². The van der Waals surface area contributed by atoms with E-state index >= 15 is 0 Å². The van der Waals surface area contributed by atoms with Crippen molar-refractivity contribution >= 4 is 0 Å². The summed E-state index contributed by atoms with van der Waals surface area (Å²) < 4.78 is 0. The predicted octanol–water partition coefficient (Wildman–Crippen LogP) is -0.0247. The summed E-state index contributed by atoms with van der Waals surface area (Å²) in [6.07, 6.45) is 1.20. The lowest BCUT2D eigenvalue weighted by molar-refractivity contribution is 0.0752. The van der Waals surface area contributed by atoms with Crippen LogP contribution in [-0.2, 0) is 0 Å². The fourth-order valence-corrected chi connectivity index (χ4v) is 1.05. The second-order valence-corrected chi connectivity index (χ2v) is 3.07. The molecular formula is C8H19NO2. The number of rotatable bonds is 6. The zero-order chi connectivity index (χ0) is 8.69. The van der Waals surface area contributed by atoms with Crippen molar-refractivity contribution in [3.05, 3.63) is 0 Å². The SMILES string of the molecule is CNCCC(C)CC(O)CO. The van der Waals surface area contributed by atoms with Crippen LogP contribution in [0.5, 0.6) is 0 Å². The number of aliphatic hydroxyl groups is 2. The molecule has 0 spiro atoms. The zero-order valence-electron chi connectivity index (χ0n) is 7.38. The molecule has 0 aliphatic carbocycles. The van der Waals surface area contributed by atoms with Gasteiger partial charge < -0.3 is 15.5 Å². The lowest BCUT2D eigenvalue weighted by Gasteiger charge is -2.13. The summed E-state index contributed by atoms with van der Waals surface area (Å²) >= 11 is 0. The molecular weight excluding hydrogens is 142 g/mol. The summed E-state index contributed by atoms with van der Waals surface area (Å²) in [6, 6.07) is 0. The van der Waals surface area contributed by atoms with Crippen LogP contribution in [0.3, 0.4) is 0 Å². The highest BCUT2D eigenvalue weighted by molar-refractivity contribution is 4.60. The molecule has 0 fully saturated rings. The lowest BCUT2D eigenvalue weighted by atomic mass is 10.0. The maximum absolute atomic E-state index is 9.06. The third-order valence-electron chi connectivity index (χ3n) is 1.77. The van der Waals surface area contributed by atoms with Gasteiger partial charge in [-0.05, 0) is 32.4 Å². The third-order valence-corrected chi connectivity index (χ3v) is 1.77. The van der Waals surface area contributed by atoms with E-state index in [-0.39, 0.29) is 6.61 Å². The van der Waals surface area contributed by atoms with Crippen LogP contribution in [0, 0.1) is 5.92 Å². The van der Waals surface area contributed by atoms with Gasteiger partial charge in [0.2, 0.25) is 0 Å². The molecule has 0 aliphatic heterocycles. The maximum atomic E-state index is 9.06. The van der Waals surface area contributed by atoms with E-state index in [0.717, 1.165) is 13.0 Å². The van der Waals surface area contributed by atoms with E-state index < -0.39 is 6.10 Å². The van der Waals surface area contributed by atoms with Gasteiger partial charge in [0, 0.05) is 0 Å². The molecule has 0 radical (unpaired) electrons. The van der Waals surface area contributed by atoms with Crippen LogP contribution in [0.2, 0.25) is 0 Å². The van der Waals surface area contributed by atoms with Crippen molar-refractivity contribution in [3.8, 4) is 0 Å². The Morgan fingerprint density at radius 2 is 2.09 bits per heavy atom. The summed E-state index contributed by atoms with van der Waals surface area (Å²) in [7, 11) is 1.91. The lowest BCUT2D eigenvalue weighted by Crippen LogP contribution is -2.18. The molecule has 0 aromatic heterocycles. The van der Waals surface area contributed by atoms with Crippen molar-refractivity contribution in [1.29, 1.82) is 0 Å². The Bertz CT molecular complexity index is 88.2. The van der Waals surface area contributed by atoms with Gasteiger partial charge >= 0.3 is 0 Å². The molecule has 0 aromatic carbocycles. The minimum absolute atomic E-state index is 0.121. The van der Waals surface area contributed by atoms with Gasteiger partial charge in [0.25, 0.3) is 0 Å². The van der Waals surface area contributed by atoms with E-state index in [4.69, 9.17) is 10.2 Å². The van der Waals surface area contributed by atoms with E-state index in [1.807, 2.05) is 7.05 Å². The van der Waals surface area contributed by atoms with Gasteiger partial charge in [0.1, 0.15) is 0 Å². The van der Waals surface area contributed by atoms with Crippen molar-refractivity contribution in [3.63, 3.8) is 0 Å². The molecule has 0 bridgehead atoms. The highest BCUT2D eigenvalue weighted by Gasteiger charge is 2.07. The van der Waals surface area contributed by atoms with E-state index in [2.05, 4.69) is 12.2 Å². The average Bonchev–Trinajstić information content (AvgIpc) is 2.00. The van der Waals surface area contributed by atoms with Crippen molar-refractivity contribution < 1.29 is 10.2 Å². The van der Waals surface area contributed by atoms with Crippen LogP contribution in [0.25, 0.3) is 0 Å². The quantitative estimate of drug-likeness (QED) is 0.513. The molecule has 0 heterocycles. The van der Waals surface area contributed by atoms with Crippen LogP contribution in [0.1, 0.15) is 19.8 Å². The summed E-state index contributed by atoms with van der Waals surface area (Å²) in [6.45, 7) is 2.93. The molecule has 11 heavy (non-hydrogen) atoms. The summed E-state index contributed by atoms with van der Waals surface area (Å²) in [5.74, 6) is 0.476. The normalized spacial score (nSPS) is 16.4. The summed E-state index contributed by atoms with van der Waals surface area (Å²) in [4.78, 5) is 0. The van der Waals surface area contributed by atoms with E-state index in [9.17, 15) is 0 Å². The summed E-state index contributed by atoms with van der Waals surface area (Å²) in [5, 5.41) is 20.6. The van der Waals surface area contributed by atoms with Gasteiger partial charge in [-0.2, -0.15) is 0 Å². The highest BCUT2D eigenvalue weighted by atomic mass is 16.3. The van der Waals surface area contributed by atoms with E-state index in [1.165, 1.54) is 0 Å². The number of hydrogen-bond acceptors (Lipinski definition) is 3. The zero-order valence-corrected chi connectivity index (χ0v) is 7.38. The van der Waals surface area contributed by atoms with Gasteiger partial charge in [-0.1, -0.05) is 6.92 Å². The standard InChI is InChI=1S/C8H19NO2/c1-7(3-4-9-2)5-8(11)6-10/h7-11H,3-6H2,1-2H3. The van der Waals surface area contributed by atoms with Crippen molar-refractivity contribution in [1.82, 2.24) is 5.32 Å². The molecule has 68 valence electrons. The third kappa shape index (κ3) is 6.28. The van der Waals surface area contributed by atoms with Crippen LogP contribution >= 0.6 is 0 Å². The topological polar surface area (TPSA) is 52.5 Å². The number of aliphatic hydroxyl groups excluding tert-OH is 2. The van der Waals surface area contributed by atoms with Crippen molar-refractivity contribution in [2.45, 2.75) is 25.9 Å². The van der Waals surface area contributed by atoms with E-state index in [1.54, 1.807) is 0 Å². The smallest absolute Gasteiger partial charge is 0.0773 e. The predicted molar refractivity (Wildman–Crippen MR) is 45.4 cm³/mol. The number of nitrogens with one attached hydrogen (secondary N) is 1. The van der Waals surface area contributed by atoms with Gasteiger partial charge in [-0.15, -0.1) is 0 Å². The van der Waals surface area contributed by atoms with Gasteiger partial charge in [0.15, 0.2) is 0 Å². The van der Waals surface area contributed by atoms with E-state index in [0.29, 0.717) is 12.3 Å². The van der Waals surface area contributed by atoms with Crippen molar-refractivity contribution in [2.75, 3.05) is 20.2 Å². The molecule has 0 rings (SSSR count). The molecule has 0 amide bonds.